The quantitative estimate of drug-likeness (QED) is 0.720. The molecule has 4 N–H and O–H groups in total. The fraction of sp³-hybridized carbons (Fsp3) is 0.222. The average molecular weight is 312 g/mol. The van der Waals surface area contributed by atoms with Crippen LogP contribution in [0.5, 0.6) is 0 Å². The van der Waals surface area contributed by atoms with Crippen LogP contribution in [0.2, 0.25) is 0 Å². The molecule has 0 bridgehead atoms. The van der Waals surface area contributed by atoms with E-state index in [-0.39, 0.29) is 6.42 Å². The van der Waals surface area contributed by atoms with Gasteiger partial charge < -0.3 is 16.2 Å². The summed E-state index contributed by atoms with van der Waals surface area (Å²) in [7, 11) is 0. The minimum absolute atomic E-state index is 0.222. The van der Waals surface area contributed by atoms with E-state index in [9.17, 15) is 14.7 Å². The summed E-state index contributed by atoms with van der Waals surface area (Å²) in [5.74, 6) is -1.54. The van der Waals surface area contributed by atoms with Crippen molar-refractivity contribution in [1.82, 2.24) is 5.32 Å². The monoisotopic (exact) mass is 312 g/mol. The molecule has 0 aliphatic carbocycles. The predicted molar refractivity (Wildman–Crippen MR) is 87.8 cm³/mol. The molecule has 0 saturated heterocycles. The number of carboxylic acid groups (broad SMARTS) is 1. The smallest absolute Gasteiger partial charge is 0.326 e. The molecule has 23 heavy (non-hydrogen) atoms. The van der Waals surface area contributed by atoms with Crippen LogP contribution >= 0.6 is 0 Å². The van der Waals surface area contributed by atoms with Gasteiger partial charge in [-0.3, -0.25) is 4.79 Å². The second-order valence-electron chi connectivity index (χ2n) is 5.39. The zero-order chi connectivity index (χ0) is 16.7. The van der Waals surface area contributed by atoms with Crippen molar-refractivity contribution in [2.75, 3.05) is 0 Å². The lowest BCUT2D eigenvalue weighted by Crippen LogP contribution is -2.50. The third kappa shape index (κ3) is 5.23. The summed E-state index contributed by atoms with van der Waals surface area (Å²) in [4.78, 5) is 23.5. The maximum absolute atomic E-state index is 12.2. The number of hydrogen-bond acceptors (Lipinski definition) is 3. The molecule has 0 spiro atoms. The van der Waals surface area contributed by atoms with Crippen LogP contribution in [0, 0.1) is 0 Å². The highest BCUT2D eigenvalue weighted by molar-refractivity contribution is 5.87. The zero-order valence-corrected chi connectivity index (χ0v) is 12.7. The van der Waals surface area contributed by atoms with Gasteiger partial charge in [0.2, 0.25) is 5.91 Å². The Hall–Kier alpha value is -2.66. The Morgan fingerprint density at radius 2 is 1.39 bits per heavy atom. The number of hydrogen-bond donors (Lipinski definition) is 3. The van der Waals surface area contributed by atoms with E-state index in [0.29, 0.717) is 6.42 Å². The Labute approximate surface area is 135 Å². The molecule has 1 amide bonds. The largest absolute Gasteiger partial charge is 0.480 e. The molecule has 120 valence electrons. The number of nitrogens with one attached hydrogen (secondary N) is 1. The number of carbonyl (C=O) groups is 2. The molecule has 0 heterocycles. The first-order chi connectivity index (χ1) is 11.1. The summed E-state index contributed by atoms with van der Waals surface area (Å²) in [6, 6.07) is 16.8. The summed E-state index contributed by atoms with van der Waals surface area (Å²) in [6.07, 6.45) is 0.588. The van der Waals surface area contributed by atoms with Gasteiger partial charge in [-0.25, -0.2) is 4.79 Å². The molecule has 0 aliphatic heterocycles. The SMILES string of the molecule is N[C@@H](Cc1ccccc1)C(=O)N[C@H](Cc1ccccc1)C(=O)O. The topological polar surface area (TPSA) is 92.4 Å². The van der Waals surface area contributed by atoms with Crippen LogP contribution in [0.15, 0.2) is 60.7 Å². The summed E-state index contributed by atoms with van der Waals surface area (Å²) in [6.45, 7) is 0. The lowest BCUT2D eigenvalue weighted by Gasteiger charge is -2.18. The summed E-state index contributed by atoms with van der Waals surface area (Å²) < 4.78 is 0. The molecule has 5 nitrogen and oxygen atoms in total. The normalized spacial score (nSPS) is 13.1. The Morgan fingerprint density at radius 3 is 1.87 bits per heavy atom. The molecule has 2 aromatic rings. The van der Waals surface area contributed by atoms with Crippen molar-refractivity contribution in [2.24, 2.45) is 5.73 Å². The number of aliphatic carboxylic acids is 1. The molecular formula is C18H20N2O3. The van der Waals surface area contributed by atoms with E-state index in [4.69, 9.17) is 5.73 Å². The number of carboxylic acids is 1. The lowest BCUT2D eigenvalue weighted by molar-refractivity contribution is -0.141. The number of benzene rings is 2. The van der Waals surface area contributed by atoms with Gasteiger partial charge in [0.25, 0.3) is 0 Å². The molecule has 0 unspecified atom stereocenters. The van der Waals surface area contributed by atoms with Crippen molar-refractivity contribution in [3.8, 4) is 0 Å². The summed E-state index contributed by atoms with van der Waals surface area (Å²) in [5.41, 5.74) is 7.67. The van der Waals surface area contributed by atoms with E-state index in [1.165, 1.54) is 0 Å². The van der Waals surface area contributed by atoms with Crippen molar-refractivity contribution < 1.29 is 14.7 Å². The van der Waals surface area contributed by atoms with E-state index >= 15 is 0 Å². The second kappa shape index (κ2) is 8.10. The van der Waals surface area contributed by atoms with Crippen LogP contribution in [0.4, 0.5) is 0 Å². The van der Waals surface area contributed by atoms with Gasteiger partial charge in [0, 0.05) is 6.42 Å². The average Bonchev–Trinajstić information content (AvgIpc) is 2.56. The standard InChI is InChI=1S/C18H20N2O3/c19-15(11-13-7-3-1-4-8-13)17(21)20-16(18(22)23)12-14-9-5-2-6-10-14/h1-10,15-16H,11-12,19H2,(H,20,21)(H,22,23)/t15-,16+/m0/s1. The summed E-state index contributed by atoms with van der Waals surface area (Å²) >= 11 is 0. The van der Waals surface area contributed by atoms with Gasteiger partial charge in [0.1, 0.15) is 6.04 Å². The first-order valence-electron chi connectivity index (χ1n) is 7.43. The Kier molecular flexibility index (Phi) is 5.88. The maximum Gasteiger partial charge on any atom is 0.326 e. The van der Waals surface area contributed by atoms with Crippen molar-refractivity contribution >= 4 is 11.9 Å². The fourth-order valence-electron chi connectivity index (χ4n) is 2.29. The molecule has 0 fully saturated rings. The van der Waals surface area contributed by atoms with Gasteiger partial charge in [0.15, 0.2) is 0 Å². The third-order valence-corrected chi connectivity index (χ3v) is 3.53. The van der Waals surface area contributed by atoms with Crippen molar-refractivity contribution in [3.05, 3.63) is 71.8 Å². The summed E-state index contributed by atoms with van der Waals surface area (Å²) in [5, 5.41) is 11.8. The zero-order valence-electron chi connectivity index (χ0n) is 12.7. The Bertz CT molecular complexity index is 644. The molecule has 0 radical (unpaired) electrons. The molecule has 0 aliphatic rings. The van der Waals surface area contributed by atoms with Crippen LogP contribution < -0.4 is 11.1 Å². The van der Waals surface area contributed by atoms with Crippen LogP contribution in [0.1, 0.15) is 11.1 Å². The van der Waals surface area contributed by atoms with Crippen molar-refractivity contribution in [1.29, 1.82) is 0 Å². The van der Waals surface area contributed by atoms with E-state index in [2.05, 4.69) is 5.32 Å². The maximum atomic E-state index is 12.2. The van der Waals surface area contributed by atoms with E-state index in [1.54, 1.807) is 0 Å². The molecule has 0 aromatic heterocycles. The number of nitrogens with two attached hydrogens (primary N) is 1. The molecule has 2 atom stereocenters. The highest BCUT2D eigenvalue weighted by Crippen LogP contribution is 2.05. The van der Waals surface area contributed by atoms with Gasteiger partial charge in [0.05, 0.1) is 6.04 Å². The lowest BCUT2D eigenvalue weighted by atomic mass is 10.0. The number of amides is 1. The van der Waals surface area contributed by atoms with Crippen LogP contribution in [0.25, 0.3) is 0 Å². The van der Waals surface area contributed by atoms with Crippen LogP contribution in [-0.2, 0) is 22.4 Å². The molecule has 0 saturated carbocycles. The van der Waals surface area contributed by atoms with Gasteiger partial charge in [-0.1, -0.05) is 60.7 Å². The minimum atomic E-state index is -1.07. The van der Waals surface area contributed by atoms with E-state index in [1.807, 2.05) is 60.7 Å². The Balaban J connectivity index is 1.96. The van der Waals surface area contributed by atoms with Crippen molar-refractivity contribution in [3.63, 3.8) is 0 Å². The second-order valence-corrected chi connectivity index (χ2v) is 5.39. The van der Waals surface area contributed by atoms with Gasteiger partial charge in [-0.2, -0.15) is 0 Å². The first-order valence-corrected chi connectivity index (χ1v) is 7.43. The number of carbonyl (C=O) groups excluding carboxylic acids is 1. The van der Waals surface area contributed by atoms with Crippen LogP contribution in [0.3, 0.4) is 0 Å². The highest BCUT2D eigenvalue weighted by Gasteiger charge is 2.23. The predicted octanol–water partition coefficient (Wildman–Crippen LogP) is 1.37. The van der Waals surface area contributed by atoms with E-state index in [0.717, 1.165) is 11.1 Å². The van der Waals surface area contributed by atoms with Gasteiger partial charge >= 0.3 is 5.97 Å². The molecule has 2 rings (SSSR count). The fourth-order valence-corrected chi connectivity index (χ4v) is 2.29. The Morgan fingerprint density at radius 1 is 0.913 bits per heavy atom. The number of rotatable bonds is 7. The highest BCUT2D eigenvalue weighted by atomic mass is 16.4. The van der Waals surface area contributed by atoms with E-state index < -0.39 is 24.0 Å². The third-order valence-electron chi connectivity index (χ3n) is 3.53. The molecular weight excluding hydrogens is 292 g/mol. The van der Waals surface area contributed by atoms with Crippen molar-refractivity contribution in [2.45, 2.75) is 24.9 Å². The molecule has 5 heteroatoms. The molecule has 2 aromatic carbocycles. The van der Waals surface area contributed by atoms with Crippen LogP contribution in [-0.4, -0.2) is 29.1 Å². The van der Waals surface area contributed by atoms with Gasteiger partial charge in [-0.05, 0) is 17.5 Å². The minimum Gasteiger partial charge on any atom is -0.480 e. The first kappa shape index (κ1) is 16.7. The van der Waals surface area contributed by atoms with Gasteiger partial charge in [-0.15, -0.1) is 0 Å².